The van der Waals surface area contributed by atoms with Crippen LogP contribution in [0.25, 0.3) is 0 Å². The Morgan fingerprint density at radius 3 is 2.61 bits per heavy atom. The van der Waals surface area contributed by atoms with Crippen LogP contribution in [0.15, 0.2) is 54.6 Å². The van der Waals surface area contributed by atoms with Crippen LogP contribution in [0.5, 0.6) is 0 Å². The van der Waals surface area contributed by atoms with Gasteiger partial charge in [0.1, 0.15) is 0 Å². The van der Waals surface area contributed by atoms with Gasteiger partial charge in [0.05, 0.1) is 0 Å². The molecule has 1 aromatic rings. The SMILES string of the molecule is C/C=C/C=C/[C@@H](CCCC)NCc1ccccc1. The third kappa shape index (κ3) is 6.41. The number of hydrogen-bond donors (Lipinski definition) is 1. The van der Waals surface area contributed by atoms with E-state index in [1.54, 1.807) is 0 Å². The number of benzene rings is 1. The van der Waals surface area contributed by atoms with Crippen LogP contribution in [-0.2, 0) is 6.54 Å². The molecule has 0 saturated carbocycles. The summed E-state index contributed by atoms with van der Waals surface area (Å²) in [5.74, 6) is 0. The molecule has 0 fully saturated rings. The lowest BCUT2D eigenvalue weighted by atomic mass is 10.1. The highest BCUT2D eigenvalue weighted by atomic mass is 14.9. The van der Waals surface area contributed by atoms with Gasteiger partial charge in [0.25, 0.3) is 0 Å². The molecule has 1 atom stereocenters. The van der Waals surface area contributed by atoms with Crippen LogP contribution in [0.4, 0.5) is 0 Å². The molecule has 18 heavy (non-hydrogen) atoms. The minimum atomic E-state index is 0.473. The number of allylic oxidation sites excluding steroid dienone is 3. The average molecular weight is 243 g/mol. The second-order valence-corrected chi connectivity index (χ2v) is 4.53. The van der Waals surface area contributed by atoms with Gasteiger partial charge in [0.15, 0.2) is 0 Å². The third-order valence-electron chi connectivity index (χ3n) is 2.93. The first kappa shape index (κ1) is 14.7. The van der Waals surface area contributed by atoms with Gasteiger partial charge in [-0.15, -0.1) is 0 Å². The van der Waals surface area contributed by atoms with Gasteiger partial charge in [-0.25, -0.2) is 0 Å². The fourth-order valence-electron chi connectivity index (χ4n) is 1.84. The van der Waals surface area contributed by atoms with Gasteiger partial charge in [-0.3, -0.25) is 0 Å². The standard InChI is InChI=1S/C17H25N/c1-3-5-8-14-17(13-6-4-2)18-15-16-11-9-7-10-12-16/h3,5,7-12,14,17-18H,4,6,13,15H2,1-2H3/b5-3+,14-8+/t17-/m1/s1. The van der Waals surface area contributed by atoms with Gasteiger partial charge in [-0.2, -0.15) is 0 Å². The van der Waals surface area contributed by atoms with Crippen molar-refractivity contribution in [3.05, 3.63) is 60.2 Å². The van der Waals surface area contributed by atoms with E-state index in [0.717, 1.165) is 6.54 Å². The summed E-state index contributed by atoms with van der Waals surface area (Å²) in [5.41, 5.74) is 1.35. The van der Waals surface area contributed by atoms with Crippen molar-refractivity contribution in [2.24, 2.45) is 0 Å². The Morgan fingerprint density at radius 2 is 1.94 bits per heavy atom. The molecular formula is C17H25N. The Balaban J connectivity index is 2.44. The van der Waals surface area contributed by atoms with Crippen LogP contribution in [0, 0.1) is 0 Å². The van der Waals surface area contributed by atoms with Crippen LogP contribution < -0.4 is 5.32 Å². The minimum Gasteiger partial charge on any atom is -0.306 e. The highest BCUT2D eigenvalue weighted by Crippen LogP contribution is 2.05. The zero-order valence-electron chi connectivity index (χ0n) is 11.6. The number of nitrogens with one attached hydrogen (secondary N) is 1. The topological polar surface area (TPSA) is 12.0 Å². The van der Waals surface area contributed by atoms with Gasteiger partial charge in [-0.05, 0) is 18.9 Å². The second kappa shape index (κ2) is 9.67. The summed E-state index contributed by atoms with van der Waals surface area (Å²) in [6, 6.07) is 11.0. The minimum absolute atomic E-state index is 0.473. The summed E-state index contributed by atoms with van der Waals surface area (Å²) in [5, 5.41) is 3.61. The number of unbranched alkanes of at least 4 members (excludes halogenated alkanes) is 1. The lowest BCUT2D eigenvalue weighted by Crippen LogP contribution is -2.26. The third-order valence-corrected chi connectivity index (χ3v) is 2.93. The monoisotopic (exact) mass is 243 g/mol. The maximum Gasteiger partial charge on any atom is 0.0256 e. The van der Waals surface area contributed by atoms with E-state index in [0.29, 0.717) is 6.04 Å². The van der Waals surface area contributed by atoms with E-state index in [4.69, 9.17) is 0 Å². The molecule has 0 aliphatic rings. The molecule has 0 spiro atoms. The van der Waals surface area contributed by atoms with Gasteiger partial charge in [-0.1, -0.05) is 74.4 Å². The van der Waals surface area contributed by atoms with E-state index < -0.39 is 0 Å². The van der Waals surface area contributed by atoms with Crippen molar-refractivity contribution in [1.29, 1.82) is 0 Å². The Hall–Kier alpha value is -1.34. The predicted octanol–water partition coefficient (Wildman–Crippen LogP) is 4.47. The molecule has 0 amide bonds. The smallest absolute Gasteiger partial charge is 0.0256 e. The highest BCUT2D eigenvalue weighted by Gasteiger charge is 2.02. The Labute approximate surface area is 112 Å². The maximum atomic E-state index is 3.61. The van der Waals surface area contributed by atoms with Crippen LogP contribution in [0.3, 0.4) is 0 Å². The van der Waals surface area contributed by atoms with Gasteiger partial charge in [0.2, 0.25) is 0 Å². The van der Waals surface area contributed by atoms with Crippen molar-refractivity contribution in [3.63, 3.8) is 0 Å². The van der Waals surface area contributed by atoms with E-state index in [9.17, 15) is 0 Å². The Morgan fingerprint density at radius 1 is 1.17 bits per heavy atom. The summed E-state index contributed by atoms with van der Waals surface area (Å²) in [7, 11) is 0. The molecule has 0 saturated heterocycles. The average Bonchev–Trinajstić information content (AvgIpc) is 2.42. The zero-order chi connectivity index (χ0) is 13.1. The van der Waals surface area contributed by atoms with Crippen molar-refractivity contribution in [1.82, 2.24) is 5.32 Å². The Kier molecular flexibility index (Phi) is 7.90. The lowest BCUT2D eigenvalue weighted by Gasteiger charge is -2.14. The molecule has 0 aromatic heterocycles. The molecule has 0 heterocycles. The molecule has 98 valence electrons. The largest absolute Gasteiger partial charge is 0.306 e. The van der Waals surface area contributed by atoms with Crippen molar-refractivity contribution in [3.8, 4) is 0 Å². The van der Waals surface area contributed by atoms with E-state index >= 15 is 0 Å². The fraction of sp³-hybridized carbons (Fsp3) is 0.412. The summed E-state index contributed by atoms with van der Waals surface area (Å²) in [6.07, 6.45) is 12.3. The quantitative estimate of drug-likeness (QED) is 0.664. The summed E-state index contributed by atoms with van der Waals surface area (Å²) in [4.78, 5) is 0. The highest BCUT2D eigenvalue weighted by molar-refractivity contribution is 5.15. The fourth-order valence-corrected chi connectivity index (χ4v) is 1.84. The van der Waals surface area contributed by atoms with Crippen LogP contribution in [0.1, 0.15) is 38.7 Å². The molecule has 1 N–H and O–H groups in total. The number of hydrogen-bond acceptors (Lipinski definition) is 1. The maximum absolute atomic E-state index is 3.61. The second-order valence-electron chi connectivity index (χ2n) is 4.53. The zero-order valence-corrected chi connectivity index (χ0v) is 11.6. The molecule has 1 aromatic carbocycles. The molecule has 0 bridgehead atoms. The molecule has 0 aliphatic carbocycles. The van der Waals surface area contributed by atoms with Gasteiger partial charge < -0.3 is 5.32 Å². The van der Waals surface area contributed by atoms with Crippen molar-refractivity contribution >= 4 is 0 Å². The van der Waals surface area contributed by atoms with Crippen LogP contribution in [-0.4, -0.2) is 6.04 Å². The molecule has 1 nitrogen and oxygen atoms in total. The molecule has 1 rings (SSSR count). The molecule has 1 heteroatoms. The van der Waals surface area contributed by atoms with Gasteiger partial charge >= 0.3 is 0 Å². The Bertz CT molecular complexity index is 351. The van der Waals surface area contributed by atoms with Crippen molar-refractivity contribution in [2.45, 2.75) is 45.7 Å². The van der Waals surface area contributed by atoms with E-state index in [1.807, 2.05) is 6.92 Å². The first-order chi connectivity index (χ1) is 8.86. The normalized spacial score (nSPS) is 13.4. The van der Waals surface area contributed by atoms with Crippen LogP contribution in [0.2, 0.25) is 0 Å². The molecule has 0 aliphatic heterocycles. The summed E-state index contributed by atoms with van der Waals surface area (Å²) in [6.45, 7) is 5.22. The molecule has 0 radical (unpaired) electrons. The van der Waals surface area contributed by atoms with E-state index in [2.05, 4.69) is 66.9 Å². The number of rotatable bonds is 8. The summed E-state index contributed by atoms with van der Waals surface area (Å²) >= 11 is 0. The van der Waals surface area contributed by atoms with E-state index in [-0.39, 0.29) is 0 Å². The van der Waals surface area contributed by atoms with Crippen molar-refractivity contribution < 1.29 is 0 Å². The molecule has 0 unspecified atom stereocenters. The first-order valence-corrected chi connectivity index (χ1v) is 6.93. The molecular weight excluding hydrogens is 218 g/mol. The van der Waals surface area contributed by atoms with Gasteiger partial charge in [0, 0.05) is 12.6 Å². The van der Waals surface area contributed by atoms with E-state index in [1.165, 1.54) is 24.8 Å². The lowest BCUT2D eigenvalue weighted by molar-refractivity contribution is 0.533. The first-order valence-electron chi connectivity index (χ1n) is 6.93. The van der Waals surface area contributed by atoms with Crippen molar-refractivity contribution in [2.75, 3.05) is 0 Å². The van der Waals surface area contributed by atoms with Crippen LogP contribution >= 0.6 is 0 Å². The predicted molar refractivity (Wildman–Crippen MR) is 80.5 cm³/mol. The summed E-state index contributed by atoms with van der Waals surface area (Å²) < 4.78 is 0.